The van der Waals surface area contributed by atoms with Gasteiger partial charge < -0.3 is 0 Å². The summed E-state index contributed by atoms with van der Waals surface area (Å²) >= 11 is 3.42. The molecule has 1 spiro atoms. The fraction of sp³-hybridized carbons (Fsp3) is 0.467. The molecule has 0 atom stereocenters. The second kappa shape index (κ2) is 4.63. The fourth-order valence-corrected chi connectivity index (χ4v) is 3.76. The standard InChI is InChI=1S/C15H13BrF2N2/c16-11-2-1-10-8-14(3-5-15(17,18)6-4-14)13(20-9-19)12(10)7-11/h1-2,7H,3-6,8H2. The van der Waals surface area contributed by atoms with Gasteiger partial charge in [-0.2, -0.15) is 10.3 Å². The summed E-state index contributed by atoms with van der Waals surface area (Å²) in [4.78, 5) is 3.99. The summed E-state index contributed by atoms with van der Waals surface area (Å²) in [6, 6.07) is 5.88. The second-order valence-corrected chi connectivity index (χ2v) is 6.59. The molecule has 0 unspecified atom stereocenters. The molecule has 2 aliphatic carbocycles. The normalized spacial score (nSPS) is 24.6. The Morgan fingerprint density at radius 3 is 2.55 bits per heavy atom. The van der Waals surface area contributed by atoms with Crippen LogP contribution in [0.15, 0.2) is 27.7 Å². The van der Waals surface area contributed by atoms with Crippen LogP contribution < -0.4 is 0 Å². The van der Waals surface area contributed by atoms with Crippen LogP contribution in [0.4, 0.5) is 8.78 Å². The second-order valence-electron chi connectivity index (χ2n) is 5.67. The Morgan fingerprint density at radius 1 is 1.20 bits per heavy atom. The molecule has 0 aliphatic heterocycles. The number of hydrogen-bond acceptors (Lipinski definition) is 2. The van der Waals surface area contributed by atoms with E-state index in [-0.39, 0.29) is 18.3 Å². The van der Waals surface area contributed by atoms with Gasteiger partial charge in [0.1, 0.15) is 0 Å². The molecule has 104 valence electrons. The lowest BCUT2D eigenvalue weighted by molar-refractivity contribution is -0.0534. The van der Waals surface area contributed by atoms with E-state index in [1.54, 1.807) is 0 Å². The molecule has 0 heterocycles. The van der Waals surface area contributed by atoms with Crippen molar-refractivity contribution in [2.24, 2.45) is 10.4 Å². The summed E-state index contributed by atoms with van der Waals surface area (Å²) in [5, 5.41) is 8.94. The maximum Gasteiger partial charge on any atom is 0.248 e. The molecule has 0 radical (unpaired) electrons. The lowest BCUT2D eigenvalue weighted by atomic mass is 9.70. The first-order valence-corrected chi connectivity index (χ1v) is 7.39. The lowest BCUT2D eigenvalue weighted by Gasteiger charge is -2.37. The van der Waals surface area contributed by atoms with E-state index in [2.05, 4.69) is 20.9 Å². The van der Waals surface area contributed by atoms with Gasteiger partial charge in [0.2, 0.25) is 12.1 Å². The number of alkyl halides is 2. The minimum Gasteiger partial charge on any atom is -0.207 e. The van der Waals surface area contributed by atoms with Gasteiger partial charge in [-0.3, -0.25) is 0 Å². The van der Waals surface area contributed by atoms with Crippen molar-refractivity contribution in [1.82, 2.24) is 0 Å². The zero-order chi connectivity index (χ0) is 14.4. The summed E-state index contributed by atoms with van der Waals surface area (Å²) in [6.07, 6.45) is 3.12. The van der Waals surface area contributed by atoms with Crippen molar-refractivity contribution in [3.63, 3.8) is 0 Å². The summed E-state index contributed by atoms with van der Waals surface area (Å²) < 4.78 is 27.8. The lowest BCUT2D eigenvalue weighted by Crippen LogP contribution is -2.37. The van der Waals surface area contributed by atoms with Crippen LogP contribution in [0, 0.1) is 16.9 Å². The number of benzene rings is 1. The molecule has 20 heavy (non-hydrogen) atoms. The van der Waals surface area contributed by atoms with Crippen LogP contribution in [0.3, 0.4) is 0 Å². The molecule has 0 bridgehead atoms. The zero-order valence-electron chi connectivity index (χ0n) is 10.8. The Labute approximate surface area is 124 Å². The van der Waals surface area contributed by atoms with Crippen molar-refractivity contribution in [3.8, 4) is 6.19 Å². The number of hydrogen-bond donors (Lipinski definition) is 0. The number of rotatable bonds is 0. The number of nitriles is 1. The average molecular weight is 339 g/mol. The van der Waals surface area contributed by atoms with Gasteiger partial charge in [0.25, 0.3) is 0 Å². The third-order valence-electron chi connectivity index (χ3n) is 4.46. The molecule has 0 amide bonds. The van der Waals surface area contributed by atoms with Gasteiger partial charge in [0.15, 0.2) is 0 Å². The largest absolute Gasteiger partial charge is 0.248 e. The van der Waals surface area contributed by atoms with E-state index in [0.29, 0.717) is 25.0 Å². The first kappa shape index (κ1) is 13.7. The number of aliphatic imine (C=N–C) groups is 1. The van der Waals surface area contributed by atoms with E-state index < -0.39 is 5.92 Å². The molecular formula is C15H13BrF2N2. The molecule has 1 fully saturated rings. The third kappa shape index (κ3) is 2.16. The van der Waals surface area contributed by atoms with Crippen LogP contribution in [0.25, 0.3) is 0 Å². The van der Waals surface area contributed by atoms with Crippen LogP contribution >= 0.6 is 15.9 Å². The van der Waals surface area contributed by atoms with Gasteiger partial charge in [-0.25, -0.2) is 8.78 Å². The average Bonchev–Trinajstić information content (AvgIpc) is 2.69. The SMILES string of the molecule is N#CN=C1c2cc(Br)ccc2CC12CCC(F)(F)CC2. The zero-order valence-corrected chi connectivity index (χ0v) is 12.4. The Morgan fingerprint density at radius 2 is 1.90 bits per heavy atom. The van der Waals surface area contributed by atoms with E-state index in [1.165, 1.54) is 0 Å². The van der Waals surface area contributed by atoms with Crippen LogP contribution in [-0.2, 0) is 6.42 Å². The first-order chi connectivity index (χ1) is 9.46. The molecule has 0 saturated heterocycles. The Bertz CT molecular complexity index is 621. The van der Waals surface area contributed by atoms with E-state index >= 15 is 0 Å². The molecule has 1 saturated carbocycles. The number of nitrogens with zero attached hydrogens (tertiary/aromatic N) is 2. The van der Waals surface area contributed by atoms with Crippen molar-refractivity contribution < 1.29 is 8.78 Å². The van der Waals surface area contributed by atoms with Crippen molar-refractivity contribution in [1.29, 1.82) is 5.26 Å². The monoisotopic (exact) mass is 338 g/mol. The predicted molar refractivity (Wildman–Crippen MR) is 75.8 cm³/mol. The van der Waals surface area contributed by atoms with Gasteiger partial charge in [-0.1, -0.05) is 22.0 Å². The molecular weight excluding hydrogens is 326 g/mol. The Kier molecular flexibility index (Phi) is 3.17. The molecule has 2 nitrogen and oxygen atoms in total. The van der Waals surface area contributed by atoms with Crippen LogP contribution in [0.5, 0.6) is 0 Å². The highest BCUT2D eigenvalue weighted by Crippen LogP contribution is 2.51. The van der Waals surface area contributed by atoms with Gasteiger partial charge in [0.05, 0.1) is 5.71 Å². The minimum absolute atomic E-state index is 0.118. The molecule has 1 aromatic rings. The fourth-order valence-electron chi connectivity index (χ4n) is 3.39. The van der Waals surface area contributed by atoms with Crippen LogP contribution in [0.2, 0.25) is 0 Å². The minimum atomic E-state index is -2.57. The Hall–Kier alpha value is -1.28. The smallest absolute Gasteiger partial charge is 0.207 e. The van der Waals surface area contributed by atoms with Crippen LogP contribution in [0.1, 0.15) is 36.8 Å². The highest BCUT2D eigenvalue weighted by molar-refractivity contribution is 9.10. The van der Waals surface area contributed by atoms with Gasteiger partial charge in [-0.15, -0.1) is 0 Å². The molecule has 2 aliphatic rings. The Balaban J connectivity index is 2.03. The topological polar surface area (TPSA) is 36.1 Å². The summed E-state index contributed by atoms with van der Waals surface area (Å²) in [6.45, 7) is 0. The quantitative estimate of drug-likeness (QED) is 0.643. The van der Waals surface area contributed by atoms with Crippen molar-refractivity contribution in [2.75, 3.05) is 0 Å². The highest BCUT2D eigenvalue weighted by atomic mass is 79.9. The van der Waals surface area contributed by atoms with Gasteiger partial charge >= 0.3 is 0 Å². The molecule has 0 N–H and O–H groups in total. The number of fused-ring (bicyclic) bond motifs is 1. The van der Waals surface area contributed by atoms with E-state index in [9.17, 15) is 8.78 Å². The van der Waals surface area contributed by atoms with Crippen molar-refractivity contribution in [3.05, 3.63) is 33.8 Å². The van der Waals surface area contributed by atoms with E-state index in [1.807, 2.05) is 24.4 Å². The summed E-state index contributed by atoms with van der Waals surface area (Å²) in [5.41, 5.74) is 2.37. The maximum absolute atomic E-state index is 13.4. The van der Waals surface area contributed by atoms with Gasteiger partial charge in [0, 0.05) is 28.3 Å². The maximum atomic E-state index is 13.4. The van der Waals surface area contributed by atoms with Crippen LogP contribution in [-0.4, -0.2) is 11.6 Å². The van der Waals surface area contributed by atoms with E-state index in [4.69, 9.17) is 5.26 Å². The third-order valence-corrected chi connectivity index (χ3v) is 4.95. The molecule has 5 heteroatoms. The van der Waals surface area contributed by atoms with E-state index in [0.717, 1.165) is 15.6 Å². The molecule has 3 rings (SSSR count). The first-order valence-electron chi connectivity index (χ1n) is 6.60. The van der Waals surface area contributed by atoms with Crippen molar-refractivity contribution in [2.45, 2.75) is 38.0 Å². The predicted octanol–water partition coefficient (Wildman–Crippen LogP) is 4.47. The summed E-state index contributed by atoms with van der Waals surface area (Å²) in [7, 11) is 0. The molecule has 1 aromatic carbocycles. The number of halogens is 3. The van der Waals surface area contributed by atoms with Gasteiger partial charge in [-0.05, 0) is 37.0 Å². The van der Waals surface area contributed by atoms with Crippen molar-refractivity contribution >= 4 is 21.6 Å². The summed E-state index contributed by atoms with van der Waals surface area (Å²) in [5.74, 6) is -2.57. The highest BCUT2D eigenvalue weighted by Gasteiger charge is 2.50. The molecule has 0 aromatic heterocycles.